The Hall–Kier alpha value is -2.73. The third-order valence-corrected chi connectivity index (χ3v) is 3.93. The molecule has 0 aliphatic heterocycles. The minimum Gasteiger partial charge on any atom is -0.475 e. The Balaban J connectivity index is 1.47. The van der Waals surface area contributed by atoms with E-state index in [1.165, 1.54) is 0 Å². The first kappa shape index (κ1) is 17.1. The number of rotatable bonds is 6. The van der Waals surface area contributed by atoms with Crippen molar-refractivity contribution in [3.8, 4) is 17.1 Å². The van der Waals surface area contributed by atoms with Crippen LogP contribution < -0.4 is 10.1 Å². The van der Waals surface area contributed by atoms with Gasteiger partial charge in [0.05, 0.1) is 12.2 Å². The van der Waals surface area contributed by atoms with Gasteiger partial charge in [0.2, 0.25) is 5.88 Å². The van der Waals surface area contributed by atoms with Crippen molar-refractivity contribution in [1.29, 1.82) is 0 Å². The molecule has 0 aliphatic carbocycles. The number of amides is 1. The van der Waals surface area contributed by atoms with Crippen LogP contribution in [0.15, 0.2) is 71.2 Å². The zero-order valence-corrected chi connectivity index (χ0v) is 14.9. The largest absolute Gasteiger partial charge is 0.475 e. The molecule has 1 amide bonds. The number of carbonyl (C=O) groups is 1. The Bertz CT molecular complexity index is 839. The molecule has 0 atom stereocenters. The predicted octanol–water partition coefficient (Wildman–Crippen LogP) is 3.71. The molecule has 1 heterocycles. The van der Waals surface area contributed by atoms with Crippen LogP contribution in [0.4, 0.5) is 0 Å². The summed E-state index contributed by atoms with van der Waals surface area (Å²) >= 11 is 3.35. The first-order valence-electron chi connectivity index (χ1n) is 7.78. The van der Waals surface area contributed by atoms with Gasteiger partial charge in [-0.2, -0.15) is 0 Å². The van der Waals surface area contributed by atoms with Gasteiger partial charge in [0.25, 0.3) is 5.91 Å². The summed E-state index contributed by atoms with van der Waals surface area (Å²) in [5.74, 6) is 0.284. The summed E-state index contributed by atoms with van der Waals surface area (Å²) < 4.78 is 6.38. The molecule has 1 aromatic heterocycles. The number of benzene rings is 2. The minimum absolute atomic E-state index is 0.143. The highest BCUT2D eigenvalue weighted by atomic mass is 79.9. The quantitative estimate of drug-likeness (QED) is 0.643. The molecular weight excluding hydrogens is 382 g/mol. The molecule has 2 aromatic carbocycles. The highest BCUT2D eigenvalue weighted by molar-refractivity contribution is 9.10. The summed E-state index contributed by atoms with van der Waals surface area (Å²) in [6.07, 6.45) is 0. The summed E-state index contributed by atoms with van der Waals surface area (Å²) in [6.45, 7) is 0.701. The van der Waals surface area contributed by atoms with E-state index >= 15 is 0 Å². The predicted molar refractivity (Wildman–Crippen MR) is 99.4 cm³/mol. The van der Waals surface area contributed by atoms with E-state index in [4.69, 9.17) is 4.74 Å². The van der Waals surface area contributed by atoms with Crippen molar-refractivity contribution in [3.05, 3.63) is 76.8 Å². The molecule has 0 bridgehead atoms. The fourth-order valence-corrected chi connectivity index (χ4v) is 2.61. The van der Waals surface area contributed by atoms with Gasteiger partial charge in [-0.3, -0.25) is 4.79 Å². The lowest BCUT2D eigenvalue weighted by Crippen LogP contribution is -2.28. The molecule has 0 unspecified atom stereocenters. The maximum Gasteiger partial charge on any atom is 0.251 e. The second-order valence-electron chi connectivity index (χ2n) is 5.24. The van der Waals surface area contributed by atoms with Crippen LogP contribution in [0, 0.1) is 0 Å². The third kappa shape index (κ3) is 4.87. The summed E-state index contributed by atoms with van der Waals surface area (Å²) in [6, 6.07) is 20.7. The Morgan fingerprint density at radius 3 is 2.56 bits per heavy atom. The van der Waals surface area contributed by atoms with E-state index in [-0.39, 0.29) is 5.91 Å². The number of hydrogen-bond donors (Lipinski definition) is 1. The molecule has 126 valence electrons. The summed E-state index contributed by atoms with van der Waals surface area (Å²) in [5, 5.41) is 11.0. The average molecular weight is 398 g/mol. The van der Waals surface area contributed by atoms with Crippen molar-refractivity contribution in [2.24, 2.45) is 0 Å². The molecule has 0 radical (unpaired) electrons. The number of carbonyl (C=O) groups excluding carboxylic acids is 1. The number of hydrogen-bond acceptors (Lipinski definition) is 4. The zero-order valence-electron chi connectivity index (χ0n) is 13.4. The third-order valence-electron chi connectivity index (χ3n) is 3.43. The van der Waals surface area contributed by atoms with Gasteiger partial charge in [-0.05, 0) is 24.3 Å². The molecule has 3 aromatic rings. The standard InChI is InChI=1S/C19H16BrN3O2/c20-16-8-4-7-15(13-16)19(24)21-11-12-25-18-10-9-17(22-23-18)14-5-2-1-3-6-14/h1-10,13H,11-12H2,(H,21,24). The maximum atomic E-state index is 12.0. The van der Waals surface area contributed by atoms with Crippen molar-refractivity contribution in [1.82, 2.24) is 15.5 Å². The van der Waals surface area contributed by atoms with Crippen molar-refractivity contribution in [3.63, 3.8) is 0 Å². The van der Waals surface area contributed by atoms with Gasteiger partial charge in [0, 0.05) is 21.7 Å². The van der Waals surface area contributed by atoms with Crippen LogP contribution in [0.3, 0.4) is 0 Å². The monoisotopic (exact) mass is 397 g/mol. The van der Waals surface area contributed by atoms with E-state index in [0.717, 1.165) is 15.7 Å². The highest BCUT2D eigenvalue weighted by Crippen LogP contribution is 2.17. The van der Waals surface area contributed by atoms with Gasteiger partial charge in [-0.15, -0.1) is 10.2 Å². The van der Waals surface area contributed by atoms with E-state index in [2.05, 4.69) is 31.4 Å². The molecule has 0 aliphatic rings. The zero-order chi connectivity index (χ0) is 17.5. The van der Waals surface area contributed by atoms with Crippen LogP contribution in [0.5, 0.6) is 5.88 Å². The smallest absolute Gasteiger partial charge is 0.251 e. The molecule has 1 N–H and O–H groups in total. The van der Waals surface area contributed by atoms with E-state index < -0.39 is 0 Å². The number of ether oxygens (including phenoxy) is 1. The molecule has 0 saturated heterocycles. The topological polar surface area (TPSA) is 64.1 Å². The minimum atomic E-state index is -0.143. The van der Waals surface area contributed by atoms with Gasteiger partial charge in [-0.1, -0.05) is 52.3 Å². The Labute approximate surface area is 154 Å². The molecule has 3 rings (SSSR count). The Kier molecular flexibility index (Phi) is 5.74. The van der Waals surface area contributed by atoms with Crippen molar-refractivity contribution in [2.75, 3.05) is 13.2 Å². The second kappa shape index (κ2) is 8.39. The van der Waals surface area contributed by atoms with Gasteiger partial charge in [-0.25, -0.2) is 0 Å². The lowest BCUT2D eigenvalue weighted by molar-refractivity contribution is 0.0946. The summed E-state index contributed by atoms with van der Waals surface area (Å²) in [4.78, 5) is 12.0. The highest BCUT2D eigenvalue weighted by Gasteiger charge is 2.05. The lowest BCUT2D eigenvalue weighted by atomic mass is 10.1. The average Bonchev–Trinajstić information content (AvgIpc) is 2.66. The maximum absolute atomic E-state index is 12.0. The lowest BCUT2D eigenvalue weighted by Gasteiger charge is -2.07. The summed E-state index contributed by atoms with van der Waals surface area (Å²) in [5.41, 5.74) is 2.39. The summed E-state index contributed by atoms with van der Waals surface area (Å²) in [7, 11) is 0. The molecule has 6 heteroatoms. The van der Waals surface area contributed by atoms with Gasteiger partial charge >= 0.3 is 0 Å². The first-order valence-corrected chi connectivity index (χ1v) is 8.57. The SMILES string of the molecule is O=C(NCCOc1ccc(-c2ccccc2)nn1)c1cccc(Br)c1. The molecular formula is C19H16BrN3O2. The Morgan fingerprint density at radius 2 is 1.84 bits per heavy atom. The van der Waals surface area contributed by atoms with Crippen molar-refractivity contribution in [2.45, 2.75) is 0 Å². The van der Waals surface area contributed by atoms with Crippen LogP contribution in [-0.4, -0.2) is 29.3 Å². The van der Waals surface area contributed by atoms with E-state index in [1.54, 1.807) is 18.2 Å². The number of nitrogens with one attached hydrogen (secondary N) is 1. The number of halogens is 1. The van der Waals surface area contributed by atoms with Crippen molar-refractivity contribution >= 4 is 21.8 Å². The van der Waals surface area contributed by atoms with Crippen LogP contribution >= 0.6 is 15.9 Å². The number of nitrogens with zero attached hydrogens (tertiary/aromatic N) is 2. The van der Waals surface area contributed by atoms with Crippen LogP contribution in [-0.2, 0) is 0 Å². The normalized spacial score (nSPS) is 10.3. The Morgan fingerprint density at radius 1 is 1.00 bits per heavy atom. The van der Waals surface area contributed by atoms with Crippen LogP contribution in [0.25, 0.3) is 11.3 Å². The molecule has 25 heavy (non-hydrogen) atoms. The van der Waals surface area contributed by atoms with E-state index in [0.29, 0.717) is 24.6 Å². The van der Waals surface area contributed by atoms with Gasteiger partial charge in [0.1, 0.15) is 6.61 Å². The first-order chi connectivity index (χ1) is 12.2. The van der Waals surface area contributed by atoms with Crippen molar-refractivity contribution < 1.29 is 9.53 Å². The van der Waals surface area contributed by atoms with E-state index in [1.807, 2.05) is 48.5 Å². The second-order valence-corrected chi connectivity index (χ2v) is 6.15. The molecule has 0 saturated carbocycles. The fourth-order valence-electron chi connectivity index (χ4n) is 2.21. The van der Waals surface area contributed by atoms with Crippen LogP contribution in [0.2, 0.25) is 0 Å². The molecule has 0 fully saturated rings. The van der Waals surface area contributed by atoms with Crippen LogP contribution in [0.1, 0.15) is 10.4 Å². The molecule has 5 nitrogen and oxygen atoms in total. The molecule has 0 spiro atoms. The van der Waals surface area contributed by atoms with E-state index in [9.17, 15) is 4.79 Å². The fraction of sp³-hybridized carbons (Fsp3) is 0.105. The van der Waals surface area contributed by atoms with Gasteiger partial charge < -0.3 is 10.1 Å². The number of aromatic nitrogens is 2. The van der Waals surface area contributed by atoms with Gasteiger partial charge in [0.15, 0.2) is 0 Å².